The normalized spacial score (nSPS) is 17.2. The Balaban J connectivity index is 1.43. The number of hydrogen-bond donors (Lipinski definition) is 2. The monoisotopic (exact) mass is 495 g/mol. The van der Waals surface area contributed by atoms with Crippen molar-refractivity contribution in [2.45, 2.75) is 32.4 Å². The van der Waals surface area contributed by atoms with Crippen LogP contribution in [0.5, 0.6) is 0 Å². The van der Waals surface area contributed by atoms with Crippen LogP contribution < -0.4 is 10.6 Å². The number of anilines is 1. The molecule has 0 radical (unpaired) electrons. The van der Waals surface area contributed by atoms with Crippen LogP contribution in [0.4, 0.5) is 5.69 Å². The zero-order chi connectivity index (χ0) is 25.1. The molecule has 0 spiro atoms. The summed E-state index contributed by atoms with van der Waals surface area (Å²) in [5.41, 5.74) is 6.23. The highest BCUT2D eigenvalue weighted by Gasteiger charge is 2.41. The molecule has 3 heterocycles. The molecule has 1 fully saturated rings. The highest BCUT2D eigenvalue weighted by Crippen LogP contribution is 2.39. The molecule has 5 rings (SSSR count). The molecule has 0 bridgehead atoms. The Bertz CT molecular complexity index is 1350. The summed E-state index contributed by atoms with van der Waals surface area (Å²) < 4.78 is 2.19. The summed E-state index contributed by atoms with van der Waals surface area (Å²) in [5.74, 6) is -0.0457. The van der Waals surface area contributed by atoms with E-state index in [1.54, 1.807) is 6.20 Å². The van der Waals surface area contributed by atoms with E-state index < -0.39 is 0 Å². The Morgan fingerprint density at radius 1 is 0.972 bits per heavy atom. The van der Waals surface area contributed by atoms with Gasteiger partial charge < -0.3 is 20.1 Å². The maximum Gasteiger partial charge on any atom is 0.226 e. The van der Waals surface area contributed by atoms with Crippen molar-refractivity contribution in [1.29, 1.82) is 0 Å². The van der Waals surface area contributed by atoms with Crippen LogP contribution in [0, 0.1) is 13.8 Å². The van der Waals surface area contributed by atoms with E-state index in [1.165, 1.54) is 5.56 Å². The van der Waals surface area contributed by atoms with Crippen molar-refractivity contribution >= 4 is 28.9 Å². The first-order valence-corrected chi connectivity index (χ1v) is 12.5. The zero-order valence-corrected chi connectivity index (χ0v) is 21.2. The van der Waals surface area contributed by atoms with Gasteiger partial charge in [0.2, 0.25) is 5.91 Å². The highest BCUT2D eigenvalue weighted by atomic mass is 32.1. The van der Waals surface area contributed by atoms with Gasteiger partial charge in [0.25, 0.3) is 0 Å². The molecule has 1 aliphatic heterocycles. The fourth-order valence-electron chi connectivity index (χ4n) is 4.63. The van der Waals surface area contributed by atoms with Gasteiger partial charge in [-0.1, -0.05) is 41.5 Å². The molecule has 4 aromatic rings. The SMILES string of the molecule is Cc1ccc(NC(=O)CCN2C(=S)N[C@@H](c3ccccn3)[C@H]2c2cccn2-c2ccc(C)cc2)cc1. The maximum atomic E-state index is 12.8. The number of thiocarbonyl (C=S) groups is 1. The summed E-state index contributed by atoms with van der Waals surface area (Å²) >= 11 is 5.79. The number of aryl methyl sites for hydroxylation is 2. The van der Waals surface area contributed by atoms with Gasteiger partial charge in [-0.2, -0.15) is 0 Å². The van der Waals surface area contributed by atoms with Crippen molar-refractivity contribution in [1.82, 2.24) is 19.8 Å². The molecule has 1 aliphatic rings. The largest absolute Gasteiger partial charge is 0.352 e. The Morgan fingerprint density at radius 3 is 2.39 bits per heavy atom. The molecule has 0 aliphatic carbocycles. The fourth-order valence-corrected chi connectivity index (χ4v) is 4.96. The smallest absolute Gasteiger partial charge is 0.226 e. The number of nitrogens with one attached hydrogen (secondary N) is 2. The minimum Gasteiger partial charge on any atom is -0.352 e. The fraction of sp³-hybridized carbons (Fsp3) is 0.207. The van der Waals surface area contributed by atoms with E-state index in [0.717, 1.165) is 28.3 Å². The molecule has 2 N–H and O–H groups in total. The Labute approximate surface area is 217 Å². The van der Waals surface area contributed by atoms with Crippen LogP contribution in [0.3, 0.4) is 0 Å². The van der Waals surface area contributed by atoms with E-state index in [4.69, 9.17) is 12.2 Å². The van der Waals surface area contributed by atoms with Crippen molar-refractivity contribution in [3.8, 4) is 5.69 Å². The summed E-state index contributed by atoms with van der Waals surface area (Å²) in [6, 6.07) is 26.1. The molecule has 182 valence electrons. The first-order chi connectivity index (χ1) is 17.5. The molecule has 7 heteroatoms. The molecule has 0 unspecified atom stereocenters. The average Bonchev–Trinajstić information content (AvgIpc) is 3.49. The van der Waals surface area contributed by atoms with Gasteiger partial charge in [0, 0.05) is 42.4 Å². The van der Waals surface area contributed by atoms with Crippen LogP contribution >= 0.6 is 12.2 Å². The van der Waals surface area contributed by atoms with Gasteiger partial charge in [0.05, 0.1) is 17.8 Å². The Hall–Kier alpha value is -3.97. The predicted octanol–water partition coefficient (Wildman–Crippen LogP) is 5.49. The number of hydrogen-bond acceptors (Lipinski definition) is 3. The van der Waals surface area contributed by atoms with Crippen LogP contribution in [0.2, 0.25) is 0 Å². The number of pyridine rings is 1. The van der Waals surface area contributed by atoms with Crippen molar-refractivity contribution in [3.05, 3.63) is 114 Å². The Kier molecular flexibility index (Phi) is 6.82. The first-order valence-electron chi connectivity index (χ1n) is 12.1. The number of nitrogens with zero attached hydrogens (tertiary/aromatic N) is 3. The van der Waals surface area contributed by atoms with Crippen LogP contribution in [0.15, 0.2) is 91.3 Å². The lowest BCUT2D eigenvalue weighted by Crippen LogP contribution is -2.33. The molecule has 1 amide bonds. The number of aromatic nitrogens is 2. The number of rotatable bonds is 7. The molecule has 0 saturated carbocycles. The lowest BCUT2D eigenvalue weighted by molar-refractivity contribution is -0.116. The molecule has 6 nitrogen and oxygen atoms in total. The van der Waals surface area contributed by atoms with E-state index >= 15 is 0 Å². The number of carbonyl (C=O) groups excluding carboxylic acids is 1. The van der Waals surface area contributed by atoms with Crippen LogP contribution in [-0.2, 0) is 4.79 Å². The molecule has 36 heavy (non-hydrogen) atoms. The minimum absolute atomic E-state index is 0.0457. The average molecular weight is 496 g/mol. The van der Waals surface area contributed by atoms with Gasteiger partial charge in [0.1, 0.15) is 0 Å². The second-order valence-corrected chi connectivity index (χ2v) is 9.51. The van der Waals surface area contributed by atoms with Crippen LogP contribution in [0.25, 0.3) is 5.69 Å². The van der Waals surface area contributed by atoms with Gasteiger partial charge >= 0.3 is 0 Å². The standard InChI is InChI=1S/C29H29N5OS/c1-20-8-12-22(13-9-20)31-26(35)16-19-34-28(27(32-29(34)36)24-6-3-4-17-30-24)25-7-5-18-33(25)23-14-10-21(2)11-15-23/h3-15,17-18,27-28H,16,19H2,1-2H3,(H,31,35)(H,32,36)/t27-,28+/m0/s1. The van der Waals surface area contributed by atoms with Crippen molar-refractivity contribution in [3.63, 3.8) is 0 Å². The zero-order valence-electron chi connectivity index (χ0n) is 20.4. The quantitative estimate of drug-likeness (QED) is 0.332. The molecule has 2 aromatic heterocycles. The Morgan fingerprint density at radius 2 is 1.69 bits per heavy atom. The summed E-state index contributed by atoms with van der Waals surface area (Å²) in [5, 5.41) is 7.09. The minimum atomic E-state index is -0.141. The van der Waals surface area contributed by atoms with Crippen molar-refractivity contribution in [2.75, 3.05) is 11.9 Å². The van der Waals surface area contributed by atoms with Crippen LogP contribution in [-0.4, -0.2) is 32.0 Å². The predicted molar refractivity (Wildman–Crippen MR) is 147 cm³/mol. The number of amides is 1. The summed E-state index contributed by atoms with van der Waals surface area (Å²) in [6.45, 7) is 4.59. The third-order valence-corrected chi connectivity index (χ3v) is 6.86. The second-order valence-electron chi connectivity index (χ2n) is 9.12. The van der Waals surface area contributed by atoms with Gasteiger partial charge in [0.15, 0.2) is 5.11 Å². The number of benzene rings is 2. The van der Waals surface area contributed by atoms with Crippen molar-refractivity contribution < 1.29 is 4.79 Å². The van der Waals surface area contributed by atoms with E-state index in [2.05, 4.69) is 68.5 Å². The van der Waals surface area contributed by atoms with Gasteiger partial charge in [-0.3, -0.25) is 9.78 Å². The summed E-state index contributed by atoms with van der Waals surface area (Å²) in [7, 11) is 0. The molecular weight excluding hydrogens is 466 g/mol. The molecule has 2 atom stereocenters. The lowest BCUT2D eigenvalue weighted by Gasteiger charge is -2.29. The number of carbonyl (C=O) groups is 1. The maximum absolute atomic E-state index is 12.8. The van der Waals surface area contributed by atoms with E-state index in [1.807, 2.05) is 55.5 Å². The third-order valence-electron chi connectivity index (χ3n) is 6.51. The van der Waals surface area contributed by atoms with E-state index in [0.29, 0.717) is 18.1 Å². The summed E-state index contributed by atoms with van der Waals surface area (Å²) in [4.78, 5) is 19.5. The molecule has 1 saturated heterocycles. The van der Waals surface area contributed by atoms with Crippen molar-refractivity contribution in [2.24, 2.45) is 0 Å². The first kappa shape index (κ1) is 23.8. The lowest BCUT2D eigenvalue weighted by atomic mass is 10.0. The molecule has 2 aromatic carbocycles. The third kappa shape index (κ3) is 5.02. The molecular formula is C29H29N5OS. The van der Waals surface area contributed by atoms with E-state index in [9.17, 15) is 4.79 Å². The topological polar surface area (TPSA) is 62.2 Å². The van der Waals surface area contributed by atoms with Crippen LogP contribution in [0.1, 0.15) is 41.0 Å². The van der Waals surface area contributed by atoms with Gasteiger partial charge in [-0.25, -0.2) is 0 Å². The van der Waals surface area contributed by atoms with Gasteiger partial charge in [-0.05, 0) is 74.6 Å². The second kappa shape index (κ2) is 10.3. The highest BCUT2D eigenvalue weighted by molar-refractivity contribution is 7.80. The van der Waals surface area contributed by atoms with Gasteiger partial charge in [-0.15, -0.1) is 0 Å². The summed E-state index contributed by atoms with van der Waals surface area (Å²) in [6.07, 6.45) is 4.18. The van der Waals surface area contributed by atoms with E-state index in [-0.39, 0.29) is 18.0 Å².